The Morgan fingerprint density at radius 1 is 1.19 bits per heavy atom. The van der Waals surface area contributed by atoms with E-state index in [1.807, 2.05) is 61.1 Å². The van der Waals surface area contributed by atoms with E-state index in [9.17, 15) is 5.11 Å². The second kappa shape index (κ2) is 8.25. The van der Waals surface area contributed by atoms with E-state index in [4.69, 9.17) is 12.2 Å². The number of hydrogen-bond acceptors (Lipinski definition) is 3. The first-order chi connectivity index (χ1) is 12.6. The minimum atomic E-state index is -0.0836. The van der Waals surface area contributed by atoms with Gasteiger partial charge in [-0.2, -0.15) is 4.57 Å². The van der Waals surface area contributed by atoms with E-state index in [1.54, 1.807) is 4.57 Å². The highest BCUT2D eigenvalue weighted by Crippen LogP contribution is 2.21. The third-order valence-corrected chi connectivity index (χ3v) is 5.14. The highest BCUT2D eigenvalue weighted by molar-refractivity contribution is 7.81. The summed E-state index contributed by atoms with van der Waals surface area (Å²) in [4.78, 5) is 1.08. The fraction of sp³-hybridized carbons (Fsp3) is 0.143. The van der Waals surface area contributed by atoms with Gasteiger partial charge in [0.05, 0.1) is 0 Å². The molecule has 0 fully saturated rings. The lowest BCUT2D eigenvalue weighted by atomic mass is 10.1. The van der Waals surface area contributed by atoms with Gasteiger partial charge in [0.1, 0.15) is 0 Å². The van der Waals surface area contributed by atoms with Crippen molar-refractivity contribution in [2.45, 2.75) is 20.3 Å². The smallest absolute Gasteiger partial charge is 0.239 e. The molecule has 0 amide bonds. The Kier molecular flexibility index (Phi) is 5.81. The molecule has 0 atom stereocenters. The van der Waals surface area contributed by atoms with Crippen LogP contribution in [-0.4, -0.2) is 4.99 Å². The van der Waals surface area contributed by atoms with Crippen LogP contribution in [0.1, 0.15) is 22.9 Å². The van der Waals surface area contributed by atoms with Crippen LogP contribution in [0.5, 0.6) is 0 Å². The zero-order valence-corrected chi connectivity index (χ0v) is 16.4. The number of aryl methyl sites for hydroxylation is 2. The van der Waals surface area contributed by atoms with Gasteiger partial charge in [-0.1, -0.05) is 37.3 Å². The van der Waals surface area contributed by atoms with E-state index in [0.29, 0.717) is 15.6 Å². The first kappa shape index (κ1) is 18.3. The van der Waals surface area contributed by atoms with Crippen LogP contribution in [0.4, 0.5) is 5.69 Å². The van der Waals surface area contributed by atoms with Crippen LogP contribution in [0.25, 0.3) is 11.5 Å². The number of hydrogen-bond donors (Lipinski definition) is 1. The van der Waals surface area contributed by atoms with Gasteiger partial charge < -0.3 is 10.4 Å². The molecule has 0 aliphatic rings. The lowest BCUT2D eigenvalue weighted by Gasteiger charge is -2.16. The maximum atomic E-state index is 13.1. The summed E-state index contributed by atoms with van der Waals surface area (Å²) in [6.07, 6.45) is 4.71. The Balaban J connectivity index is 2.03. The summed E-state index contributed by atoms with van der Waals surface area (Å²) in [6, 6.07) is 15.7. The zero-order valence-electron chi connectivity index (χ0n) is 14.7. The van der Waals surface area contributed by atoms with Gasteiger partial charge >= 0.3 is 0 Å². The third-order valence-electron chi connectivity index (χ3n) is 3.97. The van der Waals surface area contributed by atoms with Crippen LogP contribution >= 0.6 is 23.6 Å². The molecule has 2 aromatic heterocycles. The molecule has 0 spiro atoms. The van der Waals surface area contributed by atoms with Crippen LogP contribution in [0.2, 0.25) is 0 Å². The SMILES string of the molecule is CCc1cccc(NC(=S)C(=C([O-])c2cccs2)[n+]2cccc(C)c2)c1. The lowest BCUT2D eigenvalue weighted by molar-refractivity contribution is -0.578. The van der Waals surface area contributed by atoms with Crippen LogP contribution in [0, 0.1) is 6.92 Å². The van der Waals surface area contributed by atoms with E-state index in [-0.39, 0.29) is 5.76 Å². The van der Waals surface area contributed by atoms with Gasteiger partial charge in [0.2, 0.25) is 5.70 Å². The molecule has 3 nitrogen and oxygen atoms in total. The third kappa shape index (κ3) is 4.18. The number of benzene rings is 1. The Labute approximate surface area is 163 Å². The summed E-state index contributed by atoms with van der Waals surface area (Å²) in [5.74, 6) is -0.0836. The molecule has 2 heterocycles. The molecule has 5 heteroatoms. The second-order valence-electron chi connectivity index (χ2n) is 5.95. The summed E-state index contributed by atoms with van der Waals surface area (Å²) in [6.45, 7) is 4.10. The summed E-state index contributed by atoms with van der Waals surface area (Å²) >= 11 is 7.04. The van der Waals surface area contributed by atoms with Crippen LogP contribution in [-0.2, 0) is 6.42 Å². The maximum Gasteiger partial charge on any atom is 0.239 e. The molecule has 1 N–H and O–H groups in total. The van der Waals surface area contributed by atoms with Crippen molar-refractivity contribution in [1.82, 2.24) is 0 Å². The number of aromatic nitrogens is 1. The van der Waals surface area contributed by atoms with E-state index in [2.05, 4.69) is 24.4 Å². The van der Waals surface area contributed by atoms with Crippen molar-refractivity contribution in [3.05, 3.63) is 82.3 Å². The number of nitrogens with zero attached hydrogens (tertiary/aromatic N) is 1. The molecule has 3 aromatic rings. The zero-order chi connectivity index (χ0) is 18.5. The molecule has 132 valence electrons. The van der Waals surface area contributed by atoms with Crippen molar-refractivity contribution in [2.75, 3.05) is 5.32 Å². The van der Waals surface area contributed by atoms with Crippen molar-refractivity contribution in [2.24, 2.45) is 0 Å². The van der Waals surface area contributed by atoms with E-state index in [0.717, 1.165) is 17.7 Å². The quantitative estimate of drug-likeness (QED) is 0.314. The molecule has 0 aliphatic heterocycles. The monoisotopic (exact) mass is 380 g/mol. The normalized spacial score (nSPS) is 11.8. The minimum absolute atomic E-state index is 0.0836. The largest absolute Gasteiger partial charge is 0.867 e. The van der Waals surface area contributed by atoms with Crippen molar-refractivity contribution in [3.8, 4) is 0 Å². The summed E-state index contributed by atoms with van der Waals surface area (Å²) in [5.41, 5.74) is 3.61. The predicted molar refractivity (Wildman–Crippen MR) is 111 cm³/mol. The topological polar surface area (TPSA) is 39.0 Å². The van der Waals surface area contributed by atoms with Crippen LogP contribution in [0.3, 0.4) is 0 Å². The summed E-state index contributed by atoms with van der Waals surface area (Å²) < 4.78 is 1.80. The van der Waals surface area contributed by atoms with E-state index in [1.165, 1.54) is 16.9 Å². The van der Waals surface area contributed by atoms with Crippen molar-refractivity contribution < 1.29 is 9.67 Å². The Morgan fingerprint density at radius 2 is 2.04 bits per heavy atom. The average Bonchev–Trinajstić information content (AvgIpc) is 3.17. The molecule has 0 saturated heterocycles. The lowest BCUT2D eigenvalue weighted by Crippen LogP contribution is -2.40. The van der Waals surface area contributed by atoms with Crippen LogP contribution in [0.15, 0.2) is 66.3 Å². The van der Waals surface area contributed by atoms with Crippen molar-refractivity contribution in [3.63, 3.8) is 0 Å². The molecular weight excluding hydrogens is 360 g/mol. The highest BCUT2D eigenvalue weighted by Gasteiger charge is 2.19. The first-order valence-corrected chi connectivity index (χ1v) is 9.71. The minimum Gasteiger partial charge on any atom is -0.867 e. The Hall–Kier alpha value is -2.50. The van der Waals surface area contributed by atoms with Gasteiger partial charge in [0, 0.05) is 22.2 Å². The maximum absolute atomic E-state index is 13.1. The molecule has 1 aromatic carbocycles. The Morgan fingerprint density at radius 3 is 2.73 bits per heavy atom. The number of rotatable bonds is 5. The van der Waals surface area contributed by atoms with Crippen LogP contribution < -0.4 is 15.0 Å². The molecule has 3 rings (SSSR count). The predicted octanol–water partition coefficient (Wildman–Crippen LogP) is 4.03. The van der Waals surface area contributed by atoms with Crippen molar-refractivity contribution >= 4 is 45.7 Å². The Bertz CT molecular complexity index is 946. The number of thiocarbonyl (C=S) groups is 1. The number of pyridine rings is 1. The van der Waals surface area contributed by atoms with Gasteiger partial charge in [0.25, 0.3) is 0 Å². The van der Waals surface area contributed by atoms with E-state index < -0.39 is 0 Å². The fourth-order valence-corrected chi connectivity index (χ4v) is 3.63. The highest BCUT2D eigenvalue weighted by atomic mass is 32.1. The standard InChI is InChI=1S/C21H20N2OS2/c1-3-16-8-4-9-17(13-16)22-21(25)19(20(24)18-10-6-12-26-18)23-11-5-7-15(2)14-23/h4-14H,3H2,1-2H3,(H-,22,24,25). The summed E-state index contributed by atoms with van der Waals surface area (Å²) in [5, 5.41) is 18.2. The summed E-state index contributed by atoms with van der Waals surface area (Å²) in [7, 11) is 0. The molecular formula is C21H20N2OS2. The molecule has 26 heavy (non-hydrogen) atoms. The van der Waals surface area contributed by atoms with Gasteiger partial charge in [0.15, 0.2) is 17.4 Å². The van der Waals surface area contributed by atoms with Gasteiger partial charge in [-0.15, -0.1) is 11.3 Å². The molecule has 0 saturated carbocycles. The average molecular weight is 381 g/mol. The number of thiophene rings is 1. The number of anilines is 1. The second-order valence-corrected chi connectivity index (χ2v) is 7.31. The number of nitrogens with one attached hydrogen (secondary N) is 1. The van der Waals surface area contributed by atoms with Gasteiger partial charge in [-0.25, -0.2) is 0 Å². The van der Waals surface area contributed by atoms with Crippen molar-refractivity contribution in [1.29, 1.82) is 0 Å². The molecule has 0 bridgehead atoms. The molecule has 0 aliphatic carbocycles. The fourth-order valence-electron chi connectivity index (χ4n) is 2.65. The van der Waals surface area contributed by atoms with Gasteiger partial charge in [-0.3, -0.25) is 0 Å². The molecule has 0 unspecified atom stereocenters. The molecule has 0 radical (unpaired) electrons. The first-order valence-electron chi connectivity index (χ1n) is 8.42. The van der Waals surface area contributed by atoms with Gasteiger partial charge in [-0.05, 0) is 54.3 Å². The van der Waals surface area contributed by atoms with E-state index >= 15 is 0 Å².